The van der Waals surface area contributed by atoms with Gasteiger partial charge < -0.3 is 15.5 Å². The Labute approximate surface area is 73.5 Å². The number of carboxylic acids is 2. The first-order valence-corrected chi connectivity index (χ1v) is 3.74. The smallest absolute Gasteiger partial charge is 0.309 e. The molecular weight excluding hydrogens is 178 g/mol. The number of carboxylic acid groups (broad SMARTS) is 2. The maximum atomic E-state index is 10.8. The molecular formula is C7H9NO5. The number of hydrogen-bond acceptors (Lipinski definition) is 3. The van der Waals surface area contributed by atoms with Crippen LogP contribution in [-0.4, -0.2) is 34.6 Å². The number of aliphatic carboxylic acids is 2. The highest BCUT2D eigenvalue weighted by Crippen LogP contribution is 2.20. The topological polar surface area (TPSA) is 104 Å². The van der Waals surface area contributed by atoms with Gasteiger partial charge in [-0.2, -0.15) is 0 Å². The summed E-state index contributed by atoms with van der Waals surface area (Å²) in [7, 11) is 0. The van der Waals surface area contributed by atoms with Crippen molar-refractivity contribution in [3.05, 3.63) is 0 Å². The molecule has 0 aromatic carbocycles. The lowest BCUT2D eigenvalue weighted by Crippen LogP contribution is -2.46. The Kier molecular flexibility index (Phi) is 2.50. The normalized spacial score (nSPS) is 27.8. The van der Waals surface area contributed by atoms with Crippen molar-refractivity contribution in [1.29, 1.82) is 0 Å². The molecule has 6 heteroatoms. The molecule has 1 unspecified atom stereocenters. The molecule has 0 aromatic rings. The van der Waals surface area contributed by atoms with E-state index in [1.807, 2.05) is 0 Å². The highest BCUT2D eigenvalue weighted by atomic mass is 16.4. The van der Waals surface area contributed by atoms with Gasteiger partial charge in [-0.3, -0.25) is 14.4 Å². The van der Waals surface area contributed by atoms with Crippen LogP contribution in [0.1, 0.15) is 6.42 Å². The zero-order chi connectivity index (χ0) is 10.0. The van der Waals surface area contributed by atoms with Gasteiger partial charge in [0.05, 0.1) is 11.8 Å². The molecule has 0 aromatic heterocycles. The third-order valence-electron chi connectivity index (χ3n) is 2.04. The van der Waals surface area contributed by atoms with Crippen molar-refractivity contribution in [3.63, 3.8) is 0 Å². The monoisotopic (exact) mass is 187 g/mol. The lowest BCUT2D eigenvalue weighted by Gasteiger charge is -2.25. The maximum Gasteiger partial charge on any atom is 0.309 e. The summed E-state index contributed by atoms with van der Waals surface area (Å²) >= 11 is 0. The number of nitrogens with one attached hydrogen (secondary N) is 1. The van der Waals surface area contributed by atoms with Crippen molar-refractivity contribution in [2.45, 2.75) is 6.42 Å². The predicted molar refractivity (Wildman–Crippen MR) is 39.9 cm³/mol. The van der Waals surface area contributed by atoms with Crippen molar-refractivity contribution in [2.24, 2.45) is 11.8 Å². The van der Waals surface area contributed by atoms with E-state index in [9.17, 15) is 14.4 Å². The van der Waals surface area contributed by atoms with Crippen LogP contribution in [-0.2, 0) is 14.4 Å². The van der Waals surface area contributed by atoms with Crippen molar-refractivity contribution < 1.29 is 24.6 Å². The average molecular weight is 187 g/mol. The van der Waals surface area contributed by atoms with E-state index in [1.165, 1.54) is 0 Å². The molecule has 1 fully saturated rings. The van der Waals surface area contributed by atoms with Gasteiger partial charge in [0.2, 0.25) is 5.91 Å². The molecule has 1 aliphatic heterocycles. The Morgan fingerprint density at radius 1 is 1.23 bits per heavy atom. The average Bonchev–Trinajstić information content (AvgIpc) is 2.03. The van der Waals surface area contributed by atoms with Crippen LogP contribution in [0.5, 0.6) is 0 Å². The van der Waals surface area contributed by atoms with Gasteiger partial charge in [-0.1, -0.05) is 0 Å². The lowest BCUT2D eigenvalue weighted by molar-refractivity contribution is -0.157. The molecule has 1 aliphatic rings. The largest absolute Gasteiger partial charge is 0.481 e. The Hall–Kier alpha value is -1.59. The maximum absolute atomic E-state index is 10.8. The van der Waals surface area contributed by atoms with Crippen molar-refractivity contribution in [2.75, 3.05) is 6.54 Å². The van der Waals surface area contributed by atoms with Crippen LogP contribution in [0.4, 0.5) is 0 Å². The lowest BCUT2D eigenvalue weighted by atomic mass is 9.86. The van der Waals surface area contributed by atoms with E-state index in [0.717, 1.165) is 0 Å². The first kappa shape index (κ1) is 9.50. The van der Waals surface area contributed by atoms with E-state index >= 15 is 0 Å². The summed E-state index contributed by atoms with van der Waals surface area (Å²) in [5, 5.41) is 19.6. The molecule has 3 N–H and O–H groups in total. The number of carbonyl (C=O) groups is 3. The summed E-state index contributed by atoms with van der Waals surface area (Å²) in [6, 6.07) is 0. The minimum Gasteiger partial charge on any atom is -0.481 e. The molecule has 72 valence electrons. The Morgan fingerprint density at radius 3 is 2.23 bits per heavy atom. The molecule has 1 saturated heterocycles. The zero-order valence-electron chi connectivity index (χ0n) is 6.69. The fourth-order valence-electron chi connectivity index (χ4n) is 1.30. The van der Waals surface area contributed by atoms with Gasteiger partial charge in [0.1, 0.15) is 0 Å². The van der Waals surface area contributed by atoms with Gasteiger partial charge >= 0.3 is 11.9 Å². The van der Waals surface area contributed by atoms with E-state index in [0.29, 0.717) is 0 Å². The molecule has 0 saturated carbocycles. The predicted octanol–water partition coefficient (Wildman–Crippen LogP) is -1.09. The van der Waals surface area contributed by atoms with Crippen LogP contribution in [0.25, 0.3) is 0 Å². The molecule has 6 nitrogen and oxygen atoms in total. The number of piperidine rings is 1. The van der Waals surface area contributed by atoms with Crippen LogP contribution in [0.15, 0.2) is 0 Å². The minimum atomic E-state index is -1.23. The summed E-state index contributed by atoms with van der Waals surface area (Å²) in [6.45, 7) is -0.106. The molecule has 13 heavy (non-hydrogen) atoms. The van der Waals surface area contributed by atoms with Gasteiger partial charge in [0.25, 0.3) is 0 Å². The second-order valence-electron chi connectivity index (χ2n) is 2.90. The quantitative estimate of drug-likeness (QED) is 0.509. The second-order valence-corrected chi connectivity index (χ2v) is 2.90. The fraction of sp³-hybridized carbons (Fsp3) is 0.571. The van der Waals surface area contributed by atoms with Crippen molar-refractivity contribution >= 4 is 17.8 Å². The summed E-state index contributed by atoms with van der Waals surface area (Å²) in [6.07, 6.45) is -0.258. The van der Waals surface area contributed by atoms with Gasteiger partial charge in [-0.05, 0) is 0 Å². The number of amides is 1. The highest BCUT2D eigenvalue weighted by molar-refractivity contribution is 5.88. The summed E-state index contributed by atoms with van der Waals surface area (Å²) < 4.78 is 0. The molecule has 1 amide bonds. The summed E-state index contributed by atoms with van der Waals surface area (Å²) in [5.41, 5.74) is 0. The Morgan fingerprint density at radius 2 is 1.77 bits per heavy atom. The van der Waals surface area contributed by atoms with E-state index in [-0.39, 0.29) is 13.0 Å². The molecule has 0 spiro atoms. The molecule has 1 heterocycles. The fourth-order valence-corrected chi connectivity index (χ4v) is 1.30. The molecule has 1 rings (SSSR count). The van der Waals surface area contributed by atoms with Crippen LogP contribution in [0.2, 0.25) is 0 Å². The third-order valence-corrected chi connectivity index (χ3v) is 2.04. The van der Waals surface area contributed by atoms with E-state index < -0.39 is 29.7 Å². The number of hydrogen-bond donors (Lipinski definition) is 3. The second kappa shape index (κ2) is 3.42. The summed E-state index contributed by atoms with van der Waals surface area (Å²) in [4.78, 5) is 31.9. The van der Waals surface area contributed by atoms with E-state index in [1.54, 1.807) is 0 Å². The van der Waals surface area contributed by atoms with Crippen LogP contribution in [0.3, 0.4) is 0 Å². The SMILES string of the molecule is O=C1C[C@@H](C(=O)O)C(C(=O)O)CN1. The van der Waals surface area contributed by atoms with Gasteiger partial charge in [0.15, 0.2) is 0 Å². The first-order valence-electron chi connectivity index (χ1n) is 3.74. The Bertz CT molecular complexity index is 262. The van der Waals surface area contributed by atoms with Gasteiger partial charge in [-0.15, -0.1) is 0 Å². The number of rotatable bonds is 2. The molecule has 0 radical (unpaired) electrons. The van der Waals surface area contributed by atoms with E-state index in [4.69, 9.17) is 10.2 Å². The molecule has 0 bridgehead atoms. The third kappa shape index (κ3) is 1.95. The standard InChI is InChI=1S/C7H9NO5/c9-5-1-3(6(10)11)4(2-8-5)7(12)13/h3-4H,1-2H2,(H,8,9)(H,10,11)(H,12,13)/t3-,4?/m1/s1. The van der Waals surface area contributed by atoms with Gasteiger partial charge in [0, 0.05) is 13.0 Å². The highest BCUT2D eigenvalue weighted by Gasteiger charge is 2.38. The van der Waals surface area contributed by atoms with Crippen LogP contribution < -0.4 is 5.32 Å². The van der Waals surface area contributed by atoms with Crippen molar-refractivity contribution in [3.8, 4) is 0 Å². The van der Waals surface area contributed by atoms with Crippen molar-refractivity contribution in [1.82, 2.24) is 5.32 Å². The molecule has 2 atom stereocenters. The van der Waals surface area contributed by atoms with E-state index in [2.05, 4.69) is 5.32 Å². The zero-order valence-corrected chi connectivity index (χ0v) is 6.69. The van der Waals surface area contributed by atoms with Crippen LogP contribution >= 0.6 is 0 Å². The molecule has 0 aliphatic carbocycles. The Balaban J connectivity index is 2.77. The first-order chi connectivity index (χ1) is 6.02. The summed E-state index contributed by atoms with van der Waals surface area (Å²) in [5.74, 6) is -4.96. The van der Waals surface area contributed by atoms with Crippen LogP contribution in [0, 0.1) is 11.8 Å². The van der Waals surface area contributed by atoms with Gasteiger partial charge in [-0.25, -0.2) is 0 Å². The number of carbonyl (C=O) groups excluding carboxylic acids is 1. The minimum absolute atomic E-state index is 0.106.